The number of benzene rings is 3. The summed E-state index contributed by atoms with van der Waals surface area (Å²) in [4.78, 5) is 91.1. The molecule has 3 aliphatic heterocycles. The number of unbranched alkanes of at least 4 members (excludes halogenated alkanes) is 1. The van der Waals surface area contributed by atoms with Crippen molar-refractivity contribution in [2.75, 3.05) is 19.6 Å². The average Bonchev–Trinajstić information content (AvgIpc) is 4.14. The Morgan fingerprint density at radius 3 is 1.25 bits per heavy atom. The first-order valence-corrected chi connectivity index (χ1v) is 20.3. The molecule has 3 aromatic heterocycles. The van der Waals surface area contributed by atoms with Gasteiger partial charge in [-0.15, -0.1) is 0 Å². The monoisotopic (exact) mass is 823 g/mol. The number of aromatic nitrogens is 6. The summed E-state index contributed by atoms with van der Waals surface area (Å²) in [5, 5.41) is 0. The van der Waals surface area contributed by atoms with Gasteiger partial charge in [0.2, 0.25) is 0 Å². The molecule has 15 nitrogen and oxygen atoms in total. The van der Waals surface area contributed by atoms with E-state index in [0.29, 0.717) is 53.0 Å². The van der Waals surface area contributed by atoms with Crippen LogP contribution in [0, 0.1) is 20.8 Å². The van der Waals surface area contributed by atoms with E-state index in [-0.39, 0.29) is 35.4 Å². The molecule has 314 valence electrons. The zero-order chi connectivity index (χ0) is 43.5. The molecule has 0 spiro atoms. The van der Waals surface area contributed by atoms with Crippen LogP contribution in [0.1, 0.15) is 112 Å². The number of hydrogen-bond donors (Lipinski definition) is 1. The number of H-pyrrole nitrogens is 1. The van der Waals surface area contributed by atoms with Gasteiger partial charge >= 0.3 is 0 Å². The second-order valence-electron chi connectivity index (χ2n) is 14.7. The molecule has 6 amide bonds. The van der Waals surface area contributed by atoms with E-state index >= 15 is 0 Å². The Hall–Kier alpha value is -7.29. The van der Waals surface area contributed by atoms with Crippen LogP contribution in [0.3, 0.4) is 0 Å². The molecule has 6 aromatic rings. The molecule has 0 atom stereocenters. The van der Waals surface area contributed by atoms with Gasteiger partial charge in [0.1, 0.15) is 0 Å². The molecule has 0 radical (unpaired) electrons. The van der Waals surface area contributed by atoms with E-state index < -0.39 is 0 Å². The number of amides is 6. The van der Waals surface area contributed by atoms with Crippen LogP contribution in [-0.2, 0) is 13.1 Å². The van der Waals surface area contributed by atoms with E-state index in [2.05, 4.69) is 19.9 Å². The molecule has 61 heavy (non-hydrogen) atoms. The van der Waals surface area contributed by atoms with Gasteiger partial charge in [0.15, 0.2) is 0 Å². The van der Waals surface area contributed by atoms with Crippen molar-refractivity contribution in [1.82, 2.24) is 43.8 Å². The number of nitrogens with one attached hydrogen (secondary N) is 1. The maximum atomic E-state index is 12.2. The summed E-state index contributed by atoms with van der Waals surface area (Å²) in [7, 11) is 0. The molecule has 15 heteroatoms. The van der Waals surface area contributed by atoms with Gasteiger partial charge in [-0.25, -0.2) is 15.0 Å². The molecule has 0 saturated carbocycles. The third-order valence-corrected chi connectivity index (χ3v) is 10.3. The fourth-order valence-corrected chi connectivity index (χ4v) is 6.99. The fourth-order valence-electron chi connectivity index (χ4n) is 6.99. The van der Waals surface area contributed by atoms with Gasteiger partial charge in [-0.1, -0.05) is 49.7 Å². The van der Waals surface area contributed by atoms with Crippen molar-refractivity contribution >= 4 is 35.4 Å². The van der Waals surface area contributed by atoms with Gasteiger partial charge < -0.3 is 14.1 Å². The quantitative estimate of drug-likeness (QED) is 0.142. The second-order valence-corrected chi connectivity index (χ2v) is 14.7. The minimum atomic E-state index is -0.188. The molecule has 6 heterocycles. The molecule has 1 N–H and O–H groups in total. The molecule has 0 saturated heterocycles. The van der Waals surface area contributed by atoms with Gasteiger partial charge in [0.25, 0.3) is 35.4 Å². The van der Waals surface area contributed by atoms with Crippen LogP contribution in [0.4, 0.5) is 0 Å². The number of rotatable bonds is 11. The summed E-state index contributed by atoms with van der Waals surface area (Å²) in [5.74, 6) is -1.05. The lowest BCUT2D eigenvalue weighted by Gasteiger charge is -2.14. The lowest BCUT2D eigenvalue weighted by atomic mass is 10.1. The molecule has 3 aromatic carbocycles. The Morgan fingerprint density at radius 2 is 0.934 bits per heavy atom. The number of carbonyl (C=O) groups is 6. The van der Waals surface area contributed by atoms with Gasteiger partial charge in [-0.2, -0.15) is 0 Å². The van der Waals surface area contributed by atoms with Crippen LogP contribution in [-0.4, -0.2) is 98.8 Å². The first kappa shape index (κ1) is 43.3. The number of aromatic amines is 1. The fraction of sp³-hybridized carbons (Fsp3) is 0.283. The number of hydrogen-bond acceptors (Lipinski definition) is 9. The number of imidazole rings is 3. The Bertz CT molecular complexity index is 2420. The van der Waals surface area contributed by atoms with Crippen molar-refractivity contribution in [3.8, 4) is 0 Å². The van der Waals surface area contributed by atoms with E-state index in [1.807, 2.05) is 43.0 Å². The van der Waals surface area contributed by atoms with Gasteiger partial charge in [0.05, 0.1) is 58.1 Å². The van der Waals surface area contributed by atoms with Crippen LogP contribution in [0.5, 0.6) is 0 Å². The first-order valence-electron chi connectivity index (χ1n) is 20.3. The van der Waals surface area contributed by atoms with Crippen LogP contribution in [0.2, 0.25) is 0 Å². The summed E-state index contributed by atoms with van der Waals surface area (Å²) in [5.41, 5.74) is 6.27. The van der Waals surface area contributed by atoms with Crippen molar-refractivity contribution in [2.24, 2.45) is 0 Å². The van der Waals surface area contributed by atoms with E-state index in [9.17, 15) is 28.8 Å². The Kier molecular flexibility index (Phi) is 14.3. The van der Waals surface area contributed by atoms with Crippen LogP contribution < -0.4 is 0 Å². The lowest BCUT2D eigenvalue weighted by Crippen LogP contribution is -2.31. The molecule has 0 unspecified atom stereocenters. The molecular weight excluding hydrogens is 775 g/mol. The number of carbonyl (C=O) groups excluding carboxylic acids is 6. The minimum absolute atomic E-state index is 0.149. The zero-order valence-corrected chi connectivity index (χ0v) is 34.8. The SMILES string of the molecule is CCCCN1C(=O)c2ccccc2C1=O.Cc1cn(CCCN2C(=O)c3ccccc3C2=O)cn1.Cc1cnc[nH]1.Cc1cncn1CCCN1C(=O)c2ccccc2C1=O. The van der Waals surface area contributed by atoms with E-state index in [0.717, 1.165) is 55.9 Å². The Balaban J connectivity index is 0.000000144. The summed E-state index contributed by atoms with van der Waals surface area (Å²) >= 11 is 0. The third kappa shape index (κ3) is 10.1. The third-order valence-electron chi connectivity index (χ3n) is 10.3. The van der Waals surface area contributed by atoms with Crippen molar-refractivity contribution in [1.29, 1.82) is 0 Å². The minimum Gasteiger partial charge on any atom is -0.349 e. The normalized spacial score (nSPS) is 13.6. The van der Waals surface area contributed by atoms with Crippen molar-refractivity contribution in [2.45, 2.75) is 66.5 Å². The molecule has 0 bridgehead atoms. The number of imide groups is 3. The van der Waals surface area contributed by atoms with Crippen molar-refractivity contribution in [3.63, 3.8) is 0 Å². The highest BCUT2D eigenvalue weighted by Crippen LogP contribution is 2.25. The molecule has 0 fully saturated rings. The lowest BCUT2D eigenvalue weighted by molar-refractivity contribution is 0.0635. The summed E-state index contributed by atoms with van der Waals surface area (Å²) in [6, 6.07) is 20.9. The zero-order valence-electron chi connectivity index (χ0n) is 34.8. The Labute approximate surface area is 354 Å². The van der Waals surface area contributed by atoms with Gasteiger partial charge in [-0.05, 0) is 76.4 Å². The van der Waals surface area contributed by atoms with Crippen molar-refractivity contribution < 1.29 is 28.8 Å². The summed E-state index contributed by atoms with van der Waals surface area (Å²) in [6.07, 6.45) is 14.0. The highest BCUT2D eigenvalue weighted by Gasteiger charge is 2.36. The van der Waals surface area contributed by atoms with Crippen LogP contribution in [0.25, 0.3) is 0 Å². The molecular formula is C46H49N9O6. The smallest absolute Gasteiger partial charge is 0.261 e. The highest BCUT2D eigenvalue weighted by molar-refractivity contribution is 6.22. The number of aryl methyl sites for hydroxylation is 5. The van der Waals surface area contributed by atoms with Gasteiger partial charge in [0, 0.05) is 62.7 Å². The molecule has 3 aliphatic rings. The maximum Gasteiger partial charge on any atom is 0.261 e. The molecule has 0 aliphatic carbocycles. The van der Waals surface area contributed by atoms with Gasteiger partial charge in [-0.3, -0.25) is 43.5 Å². The maximum absolute atomic E-state index is 12.2. The number of nitrogens with zero attached hydrogens (tertiary/aromatic N) is 8. The number of fused-ring (bicyclic) bond motifs is 3. The summed E-state index contributed by atoms with van der Waals surface area (Å²) < 4.78 is 3.98. The first-order chi connectivity index (χ1) is 29.5. The van der Waals surface area contributed by atoms with E-state index in [4.69, 9.17) is 0 Å². The van der Waals surface area contributed by atoms with Crippen molar-refractivity contribution in [3.05, 3.63) is 161 Å². The standard InChI is InChI=1S/2C15H15N3O2.C12H13NO2.C4H6N2/c1-11-9-17(10-16-11)7-4-8-18-14(19)12-5-2-3-6-13(12)15(18)20;1-11-9-16-10-17(11)7-4-8-18-14(19)12-5-2-3-6-13(12)15(18)20;1-2-3-8-13-11(14)9-6-4-5-7-10(9)12(13)15;1-4-2-5-3-6-4/h2*2-3,5-6,9-10H,4,7-8H2,1H3;4-7H,2-3,8H2,1H3;2-3H,1H3,(H,5,6). The topological polar surface area (TPSA) is 176 Å². The van der Waals surface area contributed by atoms with E-state index in [1.54, 1.807) is 104 Å². The largest absolute Gasteiger partial charge is 0.349 e. The molecule has 9 rings (SSSR count). The Morgan fingerprint density at radius 1 is 0.508 bits per heavy atom. The predicted molar refractivity (Wildman–Crippen MR) is 227 cm³/mol. The summed E-state index contributed by atoms with van der Waals surface area (Å²) in [6.45, 7) is 10.8. The second kappa shape index (κ2) is 20.1. The highest BCUT2D eigenvalue weighted by atomic mass is 16.2. The van der Waals surface area contributed by atoms with E-state index in [1.165, 1.54) is 14.7 Å². The van der Waals surface area contributed by atoms with Crippen LogP contribution in [0.15, 0.2) is 110 Å². The predicted octanol–water partition coefficient (Wildman–Crippen LogP) is 6.56. The van der Waals surface area contributed by atoms with Crippen LogP contribution >= 0.6 is 0 Å². The average molecular weight is 824 g/mol.